The molecule has 1 unspecified atom stereocenters. The van der Waals surface area contributed by atoms with Crippen LogP contribution in [-0.2, 0) is 0 Å². The van der Waals surface area contributed by atoms with Gasteiger partial charge in [0.25, 0.3) is 0 Å². The molecule has 0 aromatic heterocycles. The van der Waals surface area contributed by atoms with Crippen LogP contribution < -0.4 is 0 Å². The maximum Gasteiger partial charge on any atom is 0.0418 e. The minimum atomic E-state index is 0.417. The maximum absolute atomic E-state index is 8.58. The van der Waals surface area contributed by atoms with Crippen LogP contribution in [0.3, 0.4) is 0 Å². The number of hydrogen-bond donors (Lipinski definition) is 0. The Morgan fingerprint density at radius 3 is 2.76 bits per heavy atom. The van der Waals surface area contributed by atoms with Gasteiger partial charge in [0.2, 0.25) is 0 Å². The molecule has 88 valence electrons. The fourth-order valence-corrected chi connectivity index (χ4v) is 3.40. The highest BCUT2D eigenvalue weighted by molar-refractivity contribution is 7.99. The van der Waals surface area contributed by atoms with Crippen molar-refractivity contribution in [2.24, 2.45) is 5.11 Å². The molecule has 1 aromatic rings. The molecule has 4 heteroatoms. The average molecular weight is 245 g/mol. The Kier molecular flexibility index (Phi) is 3.77. The minimum absolute atomic E-state index is 0.417. The van der Waals surface area contributed by atoms with Crippen molar-refractivity contribution in [3.63, 3.8) is 0 Å². The summed E-state index contributed by atoms with van der Waals surface area (Å²) in [5.74, 6) is 1.07. The van der Waals surface area contributed by atoms with Crippen molar-refractivity contribution in [2.75, 3.05) is 5.75 Å². The molecule has 1 heterocycles. The van der Waals surface area contributed by atoms with Gasteiger partial charge in [-0.05, 0) is 31.4 Å². The predicted molar refractivity (Wildman–Crippen MR) is 73.4 cm³/mol. The van der Waals surface area contributed by atoms with Gasteiger partial charge in [-0.15, -0.1) is 11.8 Å². The molecule has 3 nitrogen and oxygen atoms in total. The van der Waals surface area contributed by atoms with Crippen molar-refractivity contribution in [3.05, 3.63) is 51.4 Å². The Morgan fingerprint density at radius 1 is 1.29 bits per heavy atom. The topological polar surface area (TPSA) is 48.8 Å². The molecule has 0 spiro atoms. The lowest BCUT2D eigenvalue weighted by molar-refractivity contribution is 0.883. The fourth-order valence-electron chi connectivity index (χ4n) is 1.96. The van der Waals surface area contributed by atoms with Gasteiger partial charge in [-0.2, -0.15) is 0 Å². The van der Waals surface area contributed by atoms with Crippen LogP contribution in [-0.4, -0.2) is 5.75 Å². The molecule has 0 saturated carbocycles. The monoisotopic (exact) mass is 245 g/mol. The van der Waals surface area contributed by atoms with E-state index >= 15 is 0 Å². The van der Waals surface area contributed by atoms with Crippen LogP contribution in [0.5, 0.6) is 0 Å². The molecule has 0 N–H and O–H groups in total. The molecular weight excluding hydrogens is 230 g/mol. The fraction of sp³-hybridized carbons (Fsp3) is 0.385. The smallest absolute Gasteiger partial charge is 0.0418 e. The van der Waals surface area contributed by atoms with Crippen LogP contribution in [0.2, 0.25) is 0 Å². The van der Waals surface area contributed by atoms with Gasteiger partial charge >= 0.3 is 0 Å². The minimum Gasteiger partial charge on any atom is -0.149 e. The van der Waals surface area contributed by atoms with Gasteiger partial charge in [-0.1, -0.05) is 40.5 Å². The summed E-state index contributed by atoms with van der Waals surface area (Å²) in [4.78, 5) is 2.90. The zero-order valence-electron chi connectivity index (χ0n) is 10.1. The molecular formula is C13H15N3S. The van der Waals surface area contributed by atoms with E-state index in [0.29, 0.717) is 5.25 Å². The lowest BCUT2D eigenvalue weighted by atomic mass is 10.0. The van der Waals surface area contributed by atoms with E-state index in [1.165, 1.54) is 11.1 Å². The third-order valence-electron chi connectivity index (χ3n) is 3.16. The molecule has 0 aliphatic carbocycles. The predicted octanol–water partition coefficient (Wildman–Crippen LogP) is 5.14. The van der Waals surface area contributed by atoms with Crippen molar-refractivity contribution < 1.29 is 0 Å². The van der Waals surface area contributed by atoms with Crippen LogP contribution in [0.15, 0.2) is 40.5 Å². The largest absolute Gasteiger partial charge is 0.149 e. The Labute approximate surface area is 106 Å². The first-order valence-electron chi connectivity index (χ1n) is 5.63. The Balaban J connectivity index is 2.33. The van der Waals surface area contributed by atoms with Crippen molar-refractivity contribution in [1.29, 1.82) is 0 Å². The molecule has 0 fully saturated rings. The van der Waals surface area contributed by atoms with E-state index in [4.69, 9.17) is 5.53 Å². The number of nitrogens with zero attached hydrogens (tertiary/aromatic N) is 3. The second-order valence-corrected chi connectivity index (χ2v) is 5.50. The van der Waals surface area contributed by atoms with E-state index in [9.17, 15) is 0 Å². The number of hydrogen-bond acceptors (Lipinski definition) is 2. The lowest BCUT2D eigenvalue weighted by Gasteiger charge is -2.25. The van der Waals surface area contributed by atoms with E-state index < -0.39 is 0 Å². The van der Waals surface area contributed by atoms with Crippen molar-refractivity contribution in [2.45, 2.75) is 25.5 Å². The molecule has 0 radical (unpaired) electrons. The molecule has 1 aliphatic heterocycles. The highest BCUT2D eigenvalue weighted by Gasteiger charge is 2.20. The number of azide groups is 1. The highest BCUT2D eigenvalue weighted by atomic mass is 32.2. The number of thioether (sulfide) groups is 1. The van der Waals surface area contributed by atoms with Crippen LogP contribution in [0.4, 0.5) is 5.69 Å². The van der Waals surface area contributed by atoms with E-state index in [-0.39, 0.29) is 0 Å². The van der Waals surface area contributed by atoms with Crippen LogP contribution >= 0.6 is 11.8 Å². The van der Waals surface area contributed by atoms with Crippen molar-refractivity contribution in [1.82, 2.24) is 0 Å². The van der Waals surface area contributed by atoms with Gasteiger partial charge in [0, 0.05) is 21.6 Å². The molecule has 0 amide bonds. The maximum atomic E-state index is 8.58. The SMILES string of the molecule is CC1=C(C)CC(c2ccccc2N=[N+]=[N-])SC1. The summed E-state index contributed by atoms with van der Waals surface area (Å²) in [5, 5.41) is 4.19. The zero-order valence-corrected chi connectivity index (χ0v) is 10.9. The van der Waals surface area contributed by atoms with E-state index in [0.717, 1.165) is 23.4 Å². The summed E-state index contributed by atoms with van der Waals surface area (Å²) in [7, 11) is 0. The van der Waals surface area contributed by atoms with Gasteiger partial charge in [0.1, 0.15) is 0 Å². The molecule has 1 aliphatic rings. The van der Waals surface area contributed by atoms with Gasteiger partial charge < -0.3 is 0 Å². The first kappa shape index (κ1) is 12.1. The second kappa shape index (κ2) is 5.30. The summed E-state index contributed by atoms with van der Waals surface area (Å²) in [6, 6.07) is 7.87. The van der Waals surface area contributed by atoms with E-state index in [1.807, 2.05) is 30.0 Å². The van der Waals surface area contributed by atoms with Gasteiger partial charge in [-0.3, -0.25) is 0 Å². The first-order chi connectivity index (χ1) is 8.22. The summed E-state index contributed by atoms with van der Waals surface area (Å²) in [6.07, 6.45) is 1.05. The molecule has 0 bridgehead atoms. The Hall–Kier alpha value is -1.38. The van der Waals surface area contributed by atoms with Gasteiger partial charge in [0.15, 0.2) is 0 Å². The van der Waals surface area contributed by atoms with E-state index in [2.05, 4.69) is 29.9 Å². The highest BCUT2D eigenvalue weighted by Crippen LogP contribution is 2.43. The average Bonchev–Trinajstić information content (AvgIpc) is 2.34. The van der Waals surface area contributed by atoms with Crippen LogP contribution in [0.1, 0.15) is 31.1 Å². The molecule has 1 atom stereocenters. The zero-order chi connectivity index (χ0) is 12.3. The molecule has 0 saturated heterocycles. The molecule has 1 aromatic carbocycles. The summed E-state index contributed by atoms with van der Waals surface area (Å²) in [6.45, 7) is 4.39. The third kappa shape index (κ3) is 2.65. The summed E-state index contributed by atoms with van der Waals surface area (Å²) >= 11 is 1.93. The number of benzene rings is 1. The Morgan fingerprint density at radius 2 is 2.06 bits per heavy atom. The summed E-state index contributed by atoms with van der Waals surface area (Å²) < 4.78 is 0. The first-order valence-corrected chi connectivity index (χ1v) is 6.68. The van der Waals surface area contributed by atoms with Crippen molar-refractivity contribution >= 4 is 17.4 Å². The summed E-state index contributed by atoms with van der Waals surface area (Å²) in [5.41, 5.74) is 13.4. The van der Waals surface area contributed by atoms with Crippen LogP contribution in [0, 0.1) is 0 Å². The Bertz CT molecular complexity index is 501. The van der Waals surface area contributed by atoms with Gasteiger partial charge in [0.05, 0.1) is 0 Å². The van der Waals surface area contributed by atoms with Gasteiger partial charge in [-0.25, -0.2) is 0 Å². The third-order valence-corrected chi connectivity index (χ3v) is 4.58. The van der Waals surface area contributed by atoms with E-state index in [1.54, 1.807) is 0 Å². The molecule has 2 rings (SSSR count). The van der Waals surface area contributed by atoms with Crippen molar-refractivity contribution in [3.8, 4) is 0 Å². The second-order valence-electron chi connectivity index (χ2n) is 4.31. The quantitative estimate of drug-likeness (QED) is 0.308. The van der Waals surface area contributed by atoms with Crippen LogP contribution in [0.25, 0.3) is 10.4 Å². The molecule has 17 heavy (non-hydrogen) atoms. The standard InChI is InChI=1S/C13H15N3S/c1-9-7-13(17-8-10(9)2)11-5-3-4-6-12(11)15-16-14/h3-6,13H,7-8H2,1-2H3. The normalized spacial score (nSPS) is 20.0. The number of allylic oxidation sites excluding steroid dienone is 1. The number of rotatable bonds is 2. The lowest BCUT2D eigenvalue weighted by Crippen LogP contribution is -2.05.